The fourth-order valence-electron chi connectivity index (χ4n) is 3.20. The first kappa shape index (κ1) is 18.8. The van der Waals surface area contributed by atoms with E-state index in [4.69, 9.17) is 0 Å². The molecule has 0 radical (unpaired) electrons. The lowest BCUT2D eigenvalue weighted by Crippen LogP contribution is -2.48. The average molecular weight is 439 g/mol. The lowest BCUT2D eigenvalue weighted by molar-refractivity contribution is 0.189. The second-order valence-electron chi connectivity index (χ2n) is 6.18. The Labute approximate surface area is 161 Å². The lowest BCUT2D eigenvalue weighted by Gasteiger charge is -2.39. The molecule has 5 nitrogen and oxygen atoms in total. The smallest absolute Gasteiger partial charge is 0.193 e. The number of halogens is 1. The van der Waals surface area contributed by atoms with E-state index in [9.17, 15) is 0 Å². The van der Waals surface area contributed by atoms with Crippen LogP contribution in [0.15, 0.2) is 54.0 Å². The summed E-state index contributed by atoms with van der Waals surface area (Å²) in [5.74, 6) is 1.62. The molecule has 0 bridgehead atoms. The summed E-state index contributed by atoms with van der Waals surface area (Å²) in [6, 6.07) is 10.9. The lowest BCUT2D eigenvalue weighted by atomic mass is 9.93. The second-order valence-corrected chi connectivity index (χ2v) is 6.18. The number of hydrogen-bond donors (Lipinski definition) is 1. The number of nitrogens with zero attached hydrogens (tertiary/aromatic N) is 4. The molecule has 2 heterocycles. The molecule has 1 saturated heterocycles. The van der Waals surface area contributed by atoms with Gasteiger partial charge in [-0.3, -0.25) is 4.99 Å². The van der Waals surface area contributed by atoms with Crippen LogP contribution in [0.3, 0.4) is 0 Å². The molecular weight excluding hydrogens is 413 g/mol. The molecule has 0 amide bonds. The molecule has 2 unspecified atom stereocenters. The molecular formula is C18H26IN5. The van der Waals surface area contributed by atoms with Gasteiger partial charge >= 0.3 is 0 Å². The molecule has 130 valence electrons. The van der Waals surface area contributed by atoms with Crippen molar-refractivity contribution < 1.29 is 0 Å². The van der Waals surface area contributed by atoms with E-state index in [0.717, 1.165) is 32.0 Å². The maximum Gasteiger partial charge on any atom is 0.193 e. The van der Waals surface area contributed by atoms with Crippen LogP contribution in [0.2, 0.25) is 0 Å². The van der Waals surface area contributed by atoms with Crippen molar-refractivity contribution in [3.63, 3.8) is 0 Å². The van der Waals surface area contributed by atoms with Crippen LogP contribution >= 0.6 is 24.0 Å². The molecule has 3 rings (SSSR count). The molecule has 1 aliphatic rings. The SMILES string of the molecule is CN=C(NCc1ccccc1)N1CCC(C)C(n2ccnc2)C1.I. The number of aliphatic imine (C=N–C) groups is 1. The highest BCUT2D eigenvalue weighted by atomic mass is 127. The fraction of sp³-hybridized carbons (Fsp3) is 0.444. The summed E-state index contributed by atoms with van der Waals surface area (Å²) in [6.07, 6.45) is 7.00. The van der Waals surface area contributed by atoms with E-state index in [2.05, 4.69) is 62.1 Å². The first-order valence-electron chi connectivity index (χ1n) is 8.25. The largest absolute Gasteiger partial charge is 0.352 e. The van der Waals surface area contributed by atoms with Crippen LogP contribution in [0.1, 0.15) is 24.9 Å². The van der Waals surface area contributed by atoms with Crippen LogP contribution in [-0.4, -0.2) is 40.5 Å². The van der Waals surface area contributed by atoms with Crippen molar-refractivity contribution in [3.8, 4) is 0 Å². The normalized spacial score (nSPS) is 21.2. The summed E-state index contributed by atoms with van der Waals surface area (Å²) in [4.78, 5) is 11.0. The number of likely N-dealkylation sites (tertiary alicyclic amines) is 1. The molecule has 1 aromatic carbocycles. The van der Waals surface area contributed by atoms with Gasteiger partial charge in [0.2, 0.25) is 0 Å². The molecule has 24 heavy (non-hydrogen) atoms. The molecule has 0 saturated carbocycles. The van der Waals surface area contributed by atoms with Gasteiger partial charge in [-0.15, -0.1) is 24.0 Å². The monoisotopic (exact) mass is 439 g/mol. The second kappa shape index (κ2) is 9.05. The molecule has 2 aromatic rings. The van der Waals surface area contributed by atoms with Crippen molar-refractivity contribution in [2.45, 2.75) is 25.9 Å². The Bertz CT molecular complexity index is 626. The summed E-state index contributed by atoms with van der Waals surface area (Å²) in [6.45, 7) is 5.13. The van der Waals surface area contributed by atoms with Crippen molar-refractivity contribution in [1.82, 2.24) is 19.8 Å². The number of guanidine groups is 1. The van der Waals surface area contributed by atoms with Gasteiger partial charge in [0, 0.05) is 39.1 Å². The number of benzene rings is 1. The van der Waals surface area contributed by atoms with Crippen molar-refractivity contribution in [2.24, 2.45) is 10.9 Å². The number of aromatic nitrogens is 2. The van der Waals surface area contributed by atoms with Gasteiger partial charge < -0.3 is 14.8 Å². The Morgan fingerprint density at radius 1 is 1.33 bits per heavy atom. The molecule has 0 aliphatic carbocycles. The highest BCUT2D eigenvalue weighted by molar-refractivity contribution is 14.0. The van der Waals surface area contributed by atoms with E-state index in [1.807, 2.05) is 25.6 Å². The van der Waals surface area contributed by atoms with Crippen LogP contribution < -0.4 is 5.32 Å². The molecule has 1 N–H and O–H groups in total. The summed E-state index contributed by atoms with van der Waals surface area (Å²) in [5, 5.41) is 3.49. The van der Waals surface area contributed by atoms with E-state index in [-0.39, 0.29) is 24.0 Å². The minimum Gasteiger partial charge on any atom is -0.352 e. The summed E-state index contributed by atoms with van der Waals surface area (Å²) in [7, 11) is 1.86. The van der Waals surface area contributed by atoms with E-state index in [0.29, 0.717) is 12.0 Å². The van der Waals surface area contributed by atoms with Crippen molar-refractivity contribution in [2.75, 3.05) is 20.1 Å². The third-order valence-electron chi connectivity index (χ3n) is 4.63. The number of rotatable bonds is 3. The van der Waals surface area contributed by atoms with E-state index in [1.165, 1.54) is 5.56 Å². The maximum absolute atomic E-state index is 4.47. The summed E-state index contributed by atoms with van der Waals surface area (Å²) < 4.78 is 2.22. The van der Waals surface area contributed by atoms with Gasteiger partial charge in [-0.1, -0.05) is 37.3 Å². The van der Waals surface area contributed by atoms with Gasteiger partial charge in [0.1, 0.15) is 0 Å². The zero-order valence-corrected chi connectivity index (χ0v) is 16.6. The van der Waals surface area contributed by atoms with Crippen LogP contribution in [-0.2, 0) is 6.54 Å². The van der Waals surface area contributed by atoms with Gasteiger partial charge in [-0.2, -0.15) is 0 Å². The minimum absolute atomic E-state index is 0. The zero-order chi connectivity index (χ0) is 16.1. The van der Waals surface area contributed by atoms with Crippen molar-refractivity contribution in [1.29, 1.82) is 0 Å². The van der Waals surface area contributed by atoms with Crippen LogP contribution in [0.25, 0.3) is 0 Å². The van der Waals surface area contributed by atoms with Crippen LogP contribution in [0, 0.1) is 5.92 Å². The Hall–Kier alpha value is -1.57. The minimum atomic E-state index is 0. The van der Waals surface area contributed by atoms with Gasteiger partial charge in [0.15, 0.2) is 5.96 Å². The van der Waals surface area contributed by atoms with E-state index >= 15 is 0 Å². The number of nitrogens with one attached hydrogen (secondary N) is 1. The molecule has 0 spiro atoms. The molecule has 2 atom stereocenters. The Morgan fingerprint density at radius 3 is 2.79 bits per heavy atom. The number of hydrogen-bond acceptors (Lipinski definition) is 2. The van der Waals surface area contributed by atoms with Crippen LogP contribution in [0.5, 0.6) is 0 Å². The average Bonchev–Trinajstić information content (AvgIpc) is 3.12. The van der Waals surface area contributed by atoms with Crippen LogP contribution in [0.4, 0.5) is 0 Å². The summed E-state index contributed by atoms with van der Waals surface area (Å²) in [5.41, 5.74) is 1.27. The standard InChI is InChI=1S/C18H25N5.HI/c1-15-8-10-22(13-17(15)23-11-9-20-14-23)18(19-2)21-12-16-6-4-3-5-7-16;/h3-7,9,11,14-15,17H,8,10,12-13H2,1-2H3,(H,19,21);1H. The quantitative estimate of drug-likeness (QED) is 0.454. The topological polar surface area (TPSA) is 45.5 Å². The highest BCUT2D eigenvalue weighted by Gasteiger charge is 2.28. The maximum atomic E-state index is 4.47. The van der Waals surface area contributed by atoms with Gasteiger partial charge in [-0.05, 0) is 17.9 Å². The fourth-order valence-corrected chi connectivity index (χ4v) is 3.20. The molecule has 1 aromatic heterocycles. The molecule has 6 heteroatoms. The van der Waals surface area contributed by atoms with Gasteiger partial charge in [0.05, 0.1) is 12.4 Å². The predicted molar refractivity (Wildman–Crippen MR) is 109 cm³/mol. The molecule has 1 fully saturated rings. The van der Waals surface area contributed by atoms with Gasteiger partial charge in [0.25, 0.3) is 0 Å². The first-order valence-corrected chi connectivity index (χ1v) is 8.25. The third kappa shape index (κ3) is 4.49. The van der Waals surface area contributed by atoms with Crippen molar-refractivity contribution >= 4 is 29.9 Å². The Kier molecular flexibility index (Phi) is 7.08. The Morgan fingerprint density at radius 2 is 2.12 bits per heavy atom. The van der Waals surface area contributed by atoms with E-state index < -0.39 is 0 Å². The Balaban J connectivity index is 0.00000208. The zero-order valence-electron chi connectivity index (χ0n) is 14.3. The third-order valence-corrected chi connectivity index (χ3v) is 4.63. The van der Waals surface area contributed by atoms with Crippen molar-refractivity contribution in [3.05, 3.63) is 54.6 Å². The number of imidazole rings is 1. The molecule has 1 aliphatic heterocycles. The first-order chi connectivity index (χ1) is 11.3. The number of piperidine rings is 1. The predicted octanol–water partition coefficient (Wildman–Crippen LogP) is 3.16. The van der Waals surface area contributed by atoms with Gasteiger partial charge in [-0.25, -0.2) is 4.98 Å². The van der Waals surface area contributed by atoms with E-state index in [1.54, 1.807) is 0 Å². The summed E-state index contributed by atoms with van der Waals surface area (Å²) >= 11 is 0. The highest BCUT2D eigenvalue weighted by Crippen LogP contribution is 2.27.